The number of rotatable bonds is 6. The maximum absolute atomic E-state index is 12.9. The SMILES string of the molecule is CCNc1ccccc1S(=O)(=O)N(CC)c1ccncc1. The van der Waals surface area contributed by atoms with Crippen molar-refractivity contribution in [1.29, 1.82) is 0 Å². The lowest BCUT2D eigenvalue weighted by molar-refractivity contribution is 0.592. The van der Waals surface area contributed by atoms with Crippen LogP contribution in [0.25, 0.3) is 0 Å². The van der Waals surface area contributed by atoms with E-state index >= 15 is 0 Å². The molecule has 0 amide bonds. The Morgan fingerprint density at radius 1 is 1.10 bits per heavy atom. The van der Waals surface area contributed by atoms with E-state index in [0.717, 1.165) is 0 Å². The fraction of sp³-hybridized carbons (Fsp3) is 0.267. The van der Waals surface area contributed by atoms with Crippen LogP contribution in [0.4, 0.5) is 11.4 Å². The molecule has 0 fully saturated rings. The largest absolute Gasteiger partial charge is 0.384 e. The number of hydrogen-bond donors (Lipinski definition) is 1. The lowest BCUT2D eigenvalue weighted by atomic mass is 10.3. The standard InChI is InChI=1S/C15H19N3O2S/c1-3-17-14-7-5-6-8-15(14)21(19,20)18(4-2)13-9-11-16-12-10-13/h5-12,17H,3-4H2,1-2H3. The summed E-state index contributed by atoms with van der Waals surface area (Å²) < 4.78 is 27.2. The zero-order valence-corrected chi connectivity index (χ0v) is 13.0. The molecule has 0 atom stereocenters. The zero-order valence-electron chi connectivity index (χ0n) is 12.2. The first-order chi connectivity index (χ1) is 10.1. The van der Waals surface area contributed by atoms with Crippen molar-refractivity contribution in [2.45, 2.75) is 18.7 Å². The van der Waals surface area contributed by atoms with Gasteiger partial charge in [-0.15, -0.1) is 0 Å². The highest BCUT2D eigenvalue weighted by Crippen LogP contribution is 2.27. The van der Waals surface area contributed by atoms with Crippen LogP contribution in [0.15, 0.2) is 53.7 Å². The molecule has 0 aliphatic carbocycles. The van der Waals surface area contributed by atoms with Crippen LogP contribution in [0.5, 0.6) is 0 Å². The molecule has 1 heterocycles. The molecule has 112 valence electrons. The summed E-state index contributed by atoms with van der Waals surface area (Å²) in [4.78, 5) is 4.21. The molecule has 21 heavy (non-hydrogen) atoms. The Morgan fingerprint density at radius 3 is 2.38 bits per heavy atom. The number of hydrogen-bond acceptors (Lipinski definition) is 4. The van der Waals surface area contributed by atoms with Gasteiger partial charge in [-0.05, 0) is 38.1 Å². The molecular weight excluding hydrogens is 286 g/mol. The van der Waals surface area contributed by atoms with E-state index in [-0.39, 0.29) is 4.90 Å². The van der Waals surface area contributed by atoms with E-state index in [1.54, 1.807) is 42.7 Å². The van der Waals surface area contributed by atoms with Crippen molar-refractivity contribution >= 4 is 21.4 Å². The van der Waals surface area contributed by atoms with E-state index in [1.807, 2.05) is 19.9 Å². The molecule has 0 bridgehead atoms. The minimum absolute atomic E-state index is 0.283. The molecule has 0 aliphatic rings. The van der Waals surface area contributed by atoms with Crippen LogP contribution in [0.2, 0.25) is 0 Å². The van der Waals surface area contributed by atoms with Gasteiger partial charge in [0.25, 0.3) is 10.0 Å². The summed E-state index contributed by atoms with van der Waals surface area (Å²) in [7, 11) is -3.61. The average molecular weight is 305 g/mol. The number of pyridine rings is 1. The lowest BCUT2D eigenvalue weighted by Crippen LogP contribution is -2.31. The quantitative estimate of drug-likeness (QED) is 0.891. The molecule has 1 aromatic carbocycles. The summed E-state index contributed by atoms with van der Waals surface area (Å²) in [6, 6.07) is 10.3. The predicted octanol–water partition coefficient (Wildman–Crippen LogP) is 2.73. The zero-order chi connectivity index (χ0) is 15.3. The third-order valence-electron chi connectivity index (χ3n) is 3.06. The highest BCUT2D eigenvalue weighted by Gasteiger charge is 2.25. The maximum atomic E-state index is 12.9. The second kappa shape index (κ2) is 6.58. The lowest BCUT2D eigenvalue weighted by Gasteiger charge is -2.24. The van der Waals surface area contributed by atoms with Crippen molar-refractivity contribution in [3.8, 4) is 0 Å². The maximum Gasteiger partial charge on any atom is 0.266 e. The third-order valence-corrected chi connectivity index (χ3v) is 5.02. The minimum Gasteiger partial charge on any atom is -0.384 e. The van der Waals surface area contributed by atoms with Gasteiger partial charge in [-0.25, -0.2) is 8.42 Å². The summed E-state index contributed by atoms with van der Waals surface area (Å²) in [5.74, 6) is 0. The van der Waals surface area contributed by atoms with Gasteiger partial charge in [0, 0.05) is 25.5 Å². The van der Waals surface area contributed by atoms with E-state index in [4.69, 9.17) is 0 Å². The smallest absolute Gasteiger partial charge is 0.266 e. The van der Waals surface area contributed by atoms with Crippen molar-refractivity contribution < 1.29 is 8.42 Å². The van der Waals surface area contributed by atoms with Gasteiger partial charge >= 0.3 is 0 Å². The molecule has 0 radical (unpaired) electrons. The highest BCUT2D eigenvalue weighted by molar-refractivity contribution is 7.93. The molecule has 0 saturated carbocycles. The van der Waals surface area contributed by atoms with E-state index < -0.39 is 10.0 Å². The summed E-state index contributed by atoms with van der Waals surface area (Å²) in [6.07, 6.45) is 3.17. The van der Waals surface area contributed by atoms with Gasteiger partial charge in [-0.1, -0.05) is 12.1 Å². The van der Waals surface area contributed by atoms with Crippen LogP contribution >= 0.6 is 0 Å². The second-order valence-corrected chi connectivity index (χ2v) is 6.23. The Hall–Kier alpha value is -2.08. The molecule has 0 unspecified atom stereocenters. The van der Waals surface area contributed by atoms with Crippen molar-refractivity contribution in [3.05, 3.63) is 48.8 Å². The van der Waals surface area contributed by atoms with Gasteiger partial charge in [0.05, 0.1) is 11.4 Å². The van der Waals surface area contributed by atoms with Gasteiger partial charge in [0.1, 0.15) is 4.90 Å². The molecule has 1 N–H and O–H groups in total. The van der Waals surface area contributed by atoms with Crippen molar-refractivity contribution in [2.24, 2.45) is 0 Å². The Morgan fingerprint density at radius 2 is 1.76 bits per heavy atom. The summed E-state index contributed by atoms with van der Waals surface area (Å²) in [6.45, 7) is 4.76. The molecule has 1 aromatic heterocycles. The number of anilines is 2. The fourth-order valence-electron chi connectivity index (χ4n) is 2.15. The Balaban J connectivity index is 2.50. The Kier molecular flexibility index (Phi) is 4.80. The highest BCUT2D eigenvalue weighted by atomic mass is 32.2. The van der Waals surface area contributed by atoms with E-state index in [1.165, 1.54) is 4.31 Å². The van der Waals surface area contributed by atoms with Gasteiger partial charge in [-0.2, -0.15) is 0 Å². The first kappa shape index (κ1) is 15.3. The molecule has 5 nitrogen and oxygen atoms in total. The number of nitrogens with zero attached hydrogens (tertiary/aromatic N) is 2. The molecule has 0 spiro atoms. The van der Waals surface area contributed by atoms with Gasteiger partial charge in [0.2, 0.25) is 0 Å². The molecule has 2 aromatic rings. The number of nitrogens with one attached hydrogen (secondary N) is 1. The topological polar surface area (TPSA) is 62.3 Å². The number of aromatic nitrogens is 1. The molecule has 6 heteroatoms. The summed E-state index contributed by atoms with van der Waals surface area (Å²) in [5.41, 5.74) is 1.23. The van der Waals surface area contributed by atoms with Gasteiger partial charge in [0.15, 0.2) is 0 Å². The van der Waals surface area contributed by atoms with Gasteiger partial charge < -0.3 is 5.32 Å². The van der Waals surface area contributed by atoms with E-state index in [0.29, 0.717) is 24.5 Å². The minimum atomic E-state index is -3.61. The molecule has 0 saturated heterocycles. The first-order valence-electron chi connectivity index (χ1n) is 6.87. The molecular formula is C15H19N3O2S. The normalized spacial score (nSPS) is 11.1. The fourth-order valence-corrected chi connectivity index (χ4v) is 3.79. The van der Waals surface area contributed by atoms with Crippen LogP contribution in [0.1, 0.15) is 13.8 Å². The van der Waals surface area contributed by atoms with E-state index in [2.05, 4.69) is 10.3 Å². The Bertz CT molecular complexity index is 687. The third kappa shape index (κ3) is 3.16. The number of benzene rings is 1. The van der Waals surface area contributed by atoms with Gasteiger partial charge in [-0.3, -0.25) is 9.29 Å². The average Bonchev–Trinajstić information content (AvgIpc) is 2.49. The van der Waals surface area contributed by atoms with Crippen LogP contribution in [0.3, 0.4) is 0 Å². The molecule has 0 aliphatic heterocycles. The van der Waals surface area contributed by atoms with Crippen LogP contribution in [-0.2, 0) is 10.0 Å². The van der Waals surface area contributed by atoms with Crippen LogP contribution in [-0.4, -0.2) is 26.5 Å². The van der Waals surface area contributed by atoms with E-state index in [9.17, 15) is 8.42 Å². The predicted molar refractivity (Wildman–Crippen MR) is 85.0 cm³/mol. The summed E-state index contributed by atoms with van der Waals surface area (Å²) >= 11 is 0. The number of sulfonamides is 1. The van der Waals surface area contributed by atoms with Crippen LogP contribution in [0, 0.1) is 0 Å². The first-order valence-corrected chi connectivity index (χ1v) is 8.31. The molecule has 2 rings (SSSR count). The monoisotopic (exact) mass is 305 g/mol. The van der Waals surface area contributed by atoms with Crippen molar-refractivity contribution in [3.63, 3.8) is 0 Å². The number of para-hydroxylation sites is 1. The second-order valence-electron chi connectivity index (χ2n) is 4.40. The van der Waals surface area contributed by atoms with Crippen molar-refractivity contribution in [1.82, 2.24) is 4.98 Å². The van der Waals surface area contributed by atoms with Crippen molar-refractivity contribution in [2.75, 3.05) is 22.7 Å². The summed E-state index contributed by atoms with van der Waals surface area (Å²) in [5, 5.41) is 3.09. The van der Waals surface area contributed by atoms with Crippen LogP contribution < -0.4 is 9.62 Å². The Labute approximate surface area is 125 Å².